The molecule has 29 heavy (non-hydrogen) atoms. The standard InChI is InChI=1S/C21H25N5O2S/c27-19(22-17-8-3-1-4-9-17)11-15-29-21-24-23-20(25-12-5-2-6-13-25)26(21)16-18-10-7-14-28-18/h1,3-4,7-10,14H,2,5-6,11-13,15-16H2,(H,22,27). The summed E-state index contributed by atoms with van der Waals surface area (Å²) in [5.41, 5.74) is 0.816. The van der Waals surface area contributed by atoms with E-state index in [9.17, 15) is 4.79 Å². The van der Waals surface area contributed by atoms with E-state index in [1.165, 1.54) is 19.3 Å². The van der Waals surface area contributed by atoms with Crippen molar-refractivity contribution in [2.75, 3.05) is 29.1 Å². The molecular formula is C21H25N5O2S. The summed E-state index contributed by atoms with van der Waals surface area (Å²) in [5.74, 6) is 2.38. The Bertz CT molecular complexity index is 905. The first kappa shape index (κ1) is 19.6. The van der Waals surface area contributed by atoms with Crippen LogP contribution >= 0.6 is 11.8 Å². The van der Waals surface area contributed by atoms with Crippen LogP contribution in [0.4, 0.5) is 11.6 Å². The average molecular weight is 412 g/mol. The molecule has 1 fully saturated rings. The highest BCUT2D eigenvalue weighted by Gasteiger charge is 2.21. The highest BCUT2D eigenvalue weighted by atomic mass is 32.2. The number of benzene rings is 1. The van der Waals surface area contributed by atoms with Gasteiger partial charge in [0.1, 0.15) is 5.76 Å². The van der Waals surface area contributed by atoms with E-state index in [1.807, 2.05) is 42.5 Å². The molecule has 1 N–H and O–H groups in total. The van der Waals surface area contributed by atoms with Crippen LogP contribution in [0.3, 0.4) is 0 Å². The minimum absolute atomic E-state index is 0.00273. The maximum Gasteiger partial charge on any atom is 0.228 e. The lowest BCUT2D eigenvalue weighted by molar-refractivity contribution is -0.115. The van der Waals surface area contributed by atoms with Crippen LogP contribution in [0.25, 0.3) is 0 Å². The van der Waals surface area contributed by atoms with Crippen molar-refractivity contribution in [1.82, 2.24) is 14.8 Å². The zero-order chi connectivity index (χ0) is 19.9. The fraction of sp³-hybridized carbons (Fsp3) is 0.381. The Balaban J connectivity index is 1.40. The number of aromatic nitrogens is 3. The van der Waals surface area contributed by atoms with Crippen LogP contribution in [0.5, 0.6) is 0 Å². The maximum atomic E-state index is 12.2. The van der Waals surface area contributed by atoms with Gasteiger partial charge in [0.15, 0.2) is 5.16 Å². The summed E-state index contributed by atoms with van der Waals surface area (Å²) < 4.78 is 7.65. The van der Waals surface area contributed by atoms with E-state index in [2.05, 4.69) is 25.0 Å². The molecule has 0 radical (unpaired) electrons. The van der Waals surface area contributed by atoms with Crippen molar-refractivity contribution in [2.45, 2.75) is 37.4 Å². The zero-order valence-corrected chi connectivity index (χ0v) is 17.1. The molecule has 0 unspecified atom stereocenters. The second-order valence-electron chi connectivity index (χ2n) is 7.01. The van der Waals surface area contributed by atoms with E-state index >= 15 is 0 Å². The molecule has 3 aromatic rings. The normalized spacial score (nSPS) is 14.1. The van der Waals surface area contributed by atoms with Crippen molar-refractivity contribution in [2.24, 2.45) is 0 Å². The molecule has 1 aliphatic heterocycles. The third-order valence-corrected chi connectivity index (χ3v) is 5.82. The first-order valence-electron chi connectivity index (χ1n) is 9.98. The largest absolute Gasteiger partial charge is 0.467 e. The predicted octanol–water partition coefficient (Wildman–Crippen LogP) is 4.03. The second kappa shape index (κ2) is 9.65. The number of carbonyl (C=O) groups is 1. The summed E-state index contributed by atoms with van der Waals surface area (Å²) in [6, 6.07) is 13.4. The van der Waals surface area contributed by atoms with E-state index in [-0.39, 0.29) is 5.91 Å². The van der Waals surface area contributed by atoms with E-state index in [4.69, 9.17) is 4.42 Å². The number of carbonyl (C=O) groups excluding carboxylic acids is 1. The number of amides is 1. The molecule has 1 aromatic carbocycles. The van der Waals surface area contributed by atoms with Gasteiger partial charge in [-0.15, -0.1) is 10.2 Å². The number of furan rings is 1. The van der Waals surface area contributed by atoms with E-state index in [1.54, 1.807) is 18.0 Å². The Hall–Kier alpha value is -2.74. The minimum atomic E-state index is -0.00273. The van der Waals surface area contributed by atoms with Gasteiger partial charge in [-0.3, -0.25) is 9.36 Å². The fourth-order valence-corrected chi connectivity index (χ4v) is 4.26. The number of para-hydroxylation sites is 1. The van der Waals surface area contributed by atoms with Crippen molar-refractivity contribution in [1.29, 1.82) is 0 Å². The van der Waals surface area contributed by atoms with E-state index < -0.39 is 0 Å². The van der Waals surface area contributed by atoms with Gasteiger partial charge in [-0.2, -0.15) is 0 Å². The number of hydrogen-bond acceptors (Lipinski definition) is 6. The van der Waals surface area contributed by atoms with Gasteiger partial charge in [0.25, 0.3) is 0 Å². The Kier molecular flexibility index (Phi) is 6.51. The lowest BCUT2D eigenvalue weighted by Crippen LogP contribution is -2.32. The molecule has 152 valence electrons. The quantitative estimate of drug-likeness (QED) is 0.564. The molecule has 0 saturated carbocycles. The van der Waals surface area contributed by atoms with Crippen molar-refractivity contribution >= 4 is 29.3 Å². The first-order valence-corrected chi connectivity index (χ1v) is 11.0. The monoisotopic (exact) mass is 411 g/mol. The van der Waals surface area contributed by atoms with Crippen LogP contribution < -0.4 is 10.2 Å². The predicted molar refractivity (Wildman–Crippen MR) is 114 cm³/mol. The third kappa shape index (κ3) is 5.20. The molecule has 0 bridgehead atoms. The lowest BCUT2D eigenvalue weighted by atomic mass is 10.1. The number of rotatable bonds is 8. The molecular weight excluding hydrogens is 386 g/mol. The van der Waals surface area contributed by atoms with Crippen LogP contribution in [-0.4, -0.2) is 39.5 Å². The fourth-order valence-electron chi connectivity index (χ4n) is 3.39. The molecule has 7 nitrogen and oxygen atoms in total. The van der Waals surface area contributed by atoms with E-state index in [0.717, 1.165) is 35.6 Å². The molecule has 1 aliphatic rings. The van der Waals surface area contributed by atoms with Crippen LogP contribution in [0.2, 0.25) is 0 Å². The van der Waals surface area contributed by atoms with Gasteiger partial charge in [0.05, 0.1) is 12.8 Å². The van der Waals surface area contributed by atoms with Gasteiger partial charge in [-0.25, -0.2) is 0 Å². The Morgan fingerprint density at radius 1 is 1.07 bits per heavy atom. The summed E-state index contributed by atoms with van der Waals surface area (Å²) in [6.45, 7) is 2.59. The highest BCUT2D eigenvalue weighted by molar-refractivity contribution is 7.99. The Labute approximate surface area is 174 Å². The number of nitrogens with one attached hydrogen (secondary N) is 1. The van der Waals surface area contributed by atoms with Gasteiger partial charge >= 0.3 is 0 Å². The van der Waals surface area contributed by atoms with Crippen molar-refractivity contribution < 1.29 is 9.21 Å². The number of nitrogens with zero attached hydrogens (tertiary/aromatic N) is 4. The number of anilines is 2. The van der Waals surface area contributed by atoms with Gasteiger partial charge in [-0.05, 0) is 43.5 Å². The lowest BCUT2D eigenvalue weighted by Gasteiger charge is -2.27. The molecule has 1 amide bonds. The maximum absolute atomic E-state index is 12.2. The van der Waals surface area contributed by atoms with Crippen LogP contribution in [0.15, 0.2) is 58.3 Å². The van der Waals surface area contributed by atoms with E-state index in [0.29, 0.717) is 18.7 Å². The SMILES string of the molecule is O=C(CCSc1nnc(N2CCCCC2)n1Cc1ccco1)Nc1ccccc1. The third-order valence-electron chi connectivity index (χ3n) is 4.85. The van der Waals surface area contributed by atoms with Gasteiger partial charge in [0, 0.05) is 31.0 Å². The molecule has 0 spiro atoms. The summed E-state index contributed by atoms with van der Waals surface area (Å²) in [7, 11) is 0. The summed E-state index contributed by atoms with van der Waals surface area (Å²) in [4.78, 5) is 14.5. The highest BCUT2D eigenvalue weighted by Crippen LogP contribution is 2.26. The zero-order valence-electron chi connectivity index (χ0n) is 16.3. The summed E-state index contributed by atoms with van der Waals surface area (Å²) in [6.07, 6.45) is 5.71. The topological polar surface area (TPSA) is 76.2 Å². The van der Waals surface area contributed by atoms with Crippen molar-refractivity contribution in [3.05, 3.63) is 54.5 Å². The molecule has 3 heterocycles. The first-order chi connectivity index (χ1) is 14.3. The Morgan fingerprint density at radius 2 is 1.90 bits per heavy atom. The summed E-state index contributed by atoms with van der Waals surface area (Å²) >= 11 is 1.55. The second-order valence-corrected chi connectivity index (χ2v) is 8.07. The Morgan fingerprint density at radius 3 is 2.66 bits per heavy atom. The average Bonchev–Trinajstić information content (AvgIpc) is 3.40. The molecule has 8 heteroatoms. The van der Waals surface area contributed by atoms with Gasteiger partial charge in [0.2, 0.25) is 11.9 Å². The molecule has 1 saturated heterocycles. The molecule has 4 rings (SSSR count). The molecule has 2 aromatic heterocycles. The van der Waals surface area contributed by atoms with Crippen LogP contribution in [-0.2, 0) is 11.3 Å². The summed E-state index contributed by atoms with van der Waals surface area (Å²) in [5, 5.41) is 12.6. The molecule has 0 aliphatic carbocycles. The number of piperidine rings is 1. The van der Waals surface area contributed by atoms with Gasteiger partial charge < -0.3 is 14.6 Å². The minimum Gasteiger partial charge on any atom is -0.467 e. The molecule has 0 atom stereocenters. The van der Waals surface area contributed by atoms with Gasteiger partial charge in [-0.1, -0.05) is 30.0 Å². The van der Waals surface area contributed by atoms with Crippen molar-refractivity contribution in [3.63, 3.8) is 0 Å². The smallest absolute Gasteiger partial charge is 0.228 e. The van der Waals surface area contributed by atoms with Crippen LogP contribution in [0.1, 0.15) is 31.4 Å². The van der Waals surface area contributed by atoms with Crippen LogP contribution in [0, 0.1) is 0 Å². The number of hydrogen-bond donors (Lipinski definition) is 1. The van der Waals surface area contributed by atoms with Crippen molar-refractivity contribution in [3.8, 4) is 0 Å². The number of thioether (sulfide) groups is 1.